The Hall–Kier alpha value is -1.38. The van der Waals surface area contributed by atoms with Crippen molar-refractivity contribution in [2.24, 2.45) is 4.99 Å². The summed E-state index contributed by atoms with van der Waals surface area (Å²) in [6.45, 7) is 0. The first-order chi connectivity index (χ1) is 5.27. The summed E-state index contributed by atoms with van der Waals surface area (Å²) in [7, 11) is 3.25. The second-order valence-electron chi connectivity index (χ2n) is 2.11. The average Bonchev–Trinajstić information content (AvgIpc) is 2.04. The summed E-state index contributed by atoms with van der Waals surface area (Å²) in [5.74, 6) is 0.697. The maximum Gasteiger partial charge on any atom is 0.121 e. The third-order valence-corrected chi connectivity index (χ3v) is 1.44. The topological polar surface area (TPSA) is 45.4 Å². The lowest BCUT2D eigenvalue weighted by molar-refractivity contribution is 0.307. The van der Waals surface area contributed by atoms with Gasteiger partial charge in [-0.3, -0.25) is 10.4 Å². The number of nitrogens with zero attached hydrogens (tertiary/aromatic N) is 1. The molecule has 0 fully saturated rings. The van der Waals surface area contributed by atoms with Gasteiger partial charge in [0.15, 0.2) is 0 Å². The van der Waals surface area contributed by atoms with E-state index in [4.69, 9.17) is 10.1 Å². The van der Waals surface area contributed by atoms with Gasteiger partial charge in [0.05, 0.1) is 18.5 Å². The zero-order chi connectivity index (χ0) is 8.27. The fourth-order valence-corrected chi connectivity index (χ4v) is 0.837. The van der Waals surface area contributed by atoms with Crippen LogP contribution in [0, 0.1) is 5.41 Å². The van der Waals surface area contributed by atoms with Crippen molar-refractivity contribution < 1.29 is 4.74 Å². The Labute approximate surface area is 65.6 Å². The summed E-state index contributed by atoms with van der Waals surface area (Å²) < 4.78 is 4.93. The molecule has 1 aliphatic carbocycles. The summed E-state index contributed by atoms with van der Waals surface area (Å²) in [5, 5.41) is 7.44. The van der Waals surface area contributed by atoms with Crippen LogP contribution in [0.1, 0.15) is 0 Å². The van der Waals surface area contributed by atoms with E-state index in [-0.39, 0.29) is 0 Å². The lowest BCUT2D eigenvalue weighted by atomic mass is 10.1. The normalized spacial score (nSPS) is 20.4. The van der Waals surface area contributed by atoms with Crippen LogP contribution in [-0.4, -0.2) is 25.6 Å². The second-order valence-corrected chi connectivity index (χ2v) is 2.11. The number of ether oxygens (including phenoxy) is 1. The third-order valence-electron chi connectivity index (χ3n) is 1.44. The van der Waals surface area contributed by atoms with Crippen LogP contribution in [0.2, 0.25) is 0 Å². The van der Waals surface area contributed by atoms with Gasteiger partial charge in [-0.1, -0.05) is 0 Å². The van der Waals surface area contributed by atoms with Crippen molar-refractivity contribution in [2.45, 2.75) is 0 Å². The summed E-state index contributed by atoms with van der Waals surface area (Å²) in [6, 6.07) is 0. The maximum absolute atomic E-state index is 7.44. The standard InChI is InChI=1S/C8H10N2O/c1-10-8-4-3-6(11-2)5-7(8)9/h3-5,9H,1-2H3. The molecule has 1 N–H and O–H groups in total. The minimum Gasteiger partial charge on any atom is -0.497 e. The van der Waals surface area contributed by atoms with E-state index < -0.39 is 0 Å². The predicted octanol–water partition coefficient (Wildman–Crippen LogP) is 1.18. The molecule has 3 nitrogen and oxygen atoms in total. The van der Waals surface area contributed by atoms with Gasteiger partial charge in [0.2, 0.25) is 0 Å². The molecular formula is C8H10N2O. The van der Waals surface area contributed by atoms with Crippen LogP contribution in [0.5, 0.6) is 0 Å². The van der Waals surface area contributed by atoms with Crippen molar-refractivity contribution in [3.63, 3.8) is 0 Å². The number of aliphatic imine (C=N–C) groups is 1. The van der Waals surface area contributed by atoms with Gasteiger partial charge in [0.1, 0.15) is 5.76 Å². The van der Waals surface area contributed by atoms with Gasteiger partial charge in [-0.15, -0.1) is 0 Å². The molecule has 3 heteroatoms. The molecule has 0 aromatic rings. The van der Waals surface area contributed by atoms with Crippen molar-refractivity contribution >= 4 is 11.4 Å². The number of rotatable bonds is 1. The molecule has 0 atom stereocenters. The molecule has 1 aliphatic rings. The molecule has 0 radical (unpaired) electrons. The molecule has 0 heterocycles. The third kappa shape index (κ3) is 1.55. The monoisotopic (exact) mass is 150 g/mol. The SMILES string of the molecule is CN=C1C=CC(OC)=CC1=N. The van der Waals surface area contributed by atoms with Crippen LogP contribution < -0.4 is 0 Å². The van der Waals surface area contributed by atoms with E-state index in [0.717, 1.165) is 0 Å². The van der Waals surface area contributed by atoms with Crippen molar-refractivity contribution in [1.82, 2.24) is 0 Å². The van der Waals surface area contributed by atoms with Gasteiger partial charge in [0, 0.05) is 13.1 Å². The molecule has 1 rings (SSSR count). The zero-order valence-electron chi connectivity index (χ0n) is 6.59. The molecule has 58 valence electrons. The molecular weight excluding hydrogens is 140 g/mol. The first-order valence-corrected chi connectivity index (χ1v) is 3.27. The highest BCUT2D eigenvalue weighted by Gasteiger charge is 2.06. The molecule has 0 bridgehead atoms. The molecule has 0 aromatic carbocycles. The molecule has 0 amide bonds. The van der Waals surface area contributed by atoms with E-state index in [0.29, 0.717) is 17.2 Å². The maximum atomic E-state index is 7.44. The number of allylic oxidation sites excluding steroid dienone is 3. The molecule has 0 aliphatic heterocycles. The van der Waals surface area contributed by atoms with Crippen LogP contribution in [0.25, 0.3) is 0 Å². The van der Waals surface area contributed by atoms with E-state index in [9.17, 15) is 0 Å². The van der Waals surface area contributed by atoms with Crippen molar-refractivity contribution in [2.75, 3.05) is 14.2 Å². The highest BCUT2D eigenvalue weighted by Crippen LogP contribution is 2.05. The zero-order valence-corrected chi connectivity index (χ0v) is 6.59. The number of methoxy groups -OCH3 is 1. The Kier molecular flexibility index (Phi) is 2.21. The summed E-state index contributed by atoms with van der Waals surface area (Å²) >= 11 is 0. The van der Waals surface area contributed by atoms with Gasteiger partial charge < -0.3 is 4.74 Å². The number of nitrogens with one attached hydrogen (secondary N) is 1. The average molecular weight is 150 g/mol. The second kappa shape index (κ2) is 3.14. The fraction of sp³-hybridized carbons (Fsp3) is 0.250. The predicted molar refractivity (Wildman–Crippen MR) is 45.3 cm³/mol. The minimum atomic E-state index is 0.395. The molecule has 0 unspecified atom stereocenters. The van der Waals surface area contributed by atoms with E-state index >= 15 is 0 Å². The van der Waals surface area contributed by atoms with Crippen LogP contribution in [0.15, 0.2) is 29.0 Å². The smallest absolute Gasteiger partial charge is 0.121 e. The Morgan fingerprint density at radius 1 is 1.45 bits per heavy atom. The summed E-state index contributed by atoms with van der Waals surface area (Å²) in [5.41, 5.74) is 1.08. The van der Waals surface area contributed by atoms with Gasteiger partial charge in [-0.2, -0.15) is 0 Å². The Bertz CT molecular complexity index is 261. The van der Waals surface area contributed by atoms with Crippen LogP contribution in [-0.2, 0) is 4.74 Å². The molecule has 0 saturated carbocycles. The van der Waals surface area contributed by atoms with E-state index in [1.807, 2.05) is 0 Å². The van der Waals surface area contributed by atoms with Gasteiger partial charge >= 0.3 is 0 Å². The Morgan fingerprint density at radius 2 is 2.18 bits per heavy atom. The highest BCUT2D eigenvalue weighted by atomic mass is 16.5. The lowest BCUT2D eigenvalue weighted by Gasteiger charge is -2.06. The Morgan fingerprint density at radius 3 is 2.64 bits per heavy atom. The Balaban J connectivity index is 2.88. The van der Waals surface area contributed by atoms with Crippen molar-refractivity contribution in [3.8, 4) is 0 Å². The number of hydrogen-bond donors (Lipinski definition) is 1. The van der Waals surface area contributed by atoms with Crippen LogP contribution >= 0.6 is 0 Å². The molecule has 11 heavy (non-hydrogen) atoms. The summed E-state index contributed by atoms with van der Waals surface area (Å²) in [4.78, 5) is 3.90. The fourth-order valence-electron chi connectivity index (χ4n) is 0.837. The van der Waals surface area contributed by atoms with Gasteiger partial charge in [0.25, 0.3) is 0 Å². The summed E-state index contributed by atoms with van der Waals surface area (Å²) in [6.07, 6.45) is 5.20. The number of hydrogen-bond acceptors (Lipinski definition) is 3. The van der Waals surface area contributed by atoms with E-state index in [2.05, 4.69) is 4.99 Å². The van der Waals surface area contributed by atoms with Crippen LogP contribution in [0.3, 0.4) is 0 Å². The molecule has 0 saturated heterocycles. The van der Waals surface area contributed by atoms with Crippen molar-refractivity contribution in [3.05, 3.63) is 24.0 Å². The lowest BCUT2D eigenvalue weighted by Crippen LogP contribution is -2.11. The highest BCUT2D eigenvalue weighted by molar-refractivity contribution is 6.50. The van der Waals surface area contributed by atoms with E-state index in [1.54, 1.807) is 32.4 Å². The minimum absolute atomic E-state index is 0.395. The first kappa shape index (κ1) is 7.72. The van der Waals surface area contributed by atoms with Crippen molar-refractivity contribution in [1.29, 1.82) is 5.41 Å². The quantitative estimate of drug-likeness (QED) is 0.560. The van der Waals surface area contributed by atoms with E-state index in [1.165, 1.54) is 0 Å². The molecule has 0 aromatic heterocycles. The van der Waals surface area contributed by atoms with Crippen LogP contribution in [0.4, 0.5) is 0 Å². The van der Waals surface area contributed by atoms with Gasteiger partial charge in [-0.05, 0) is 12.2 Å². The molecule has 0 spiro atoms. The van der Waals surface area contributed by atoms with Gasteiger partial charge in [-0.25, -0.2) is 0 Å². The largest absolute Gasteiger partial charge is 0.497 e. The first-order valence-electron chi connectivity index (χ1n) is 3.27.